The minimum atomic E-state index is -1.18. The van der Waals surface area contributed by atoms with Gasteiger partial charge in [0, 0.05) is 24.3 Å². The number of ether oxygens (including phenoxy) is 5. The largest absolute Gasteiger partial charge is 0.456 e. The van der Waals surface area contributed by atoms with Gasteiger partial charge in [-0.25, -0.2) is 0 Å². The molecule has 2 aliphatic heterocycles. The van der Waals surface area contributed by atoms with Gasteiger partial charge in [0.05, 0.1) is 6.61 Å². The molecule has 27 heavy (non-hydrogen) atoms. The quantitative estimate of drug-likeness (QED) is 0.339. The van der Waals surface area contributed by atoms with Gasteiger partial charge in [-0.15, -0.1) is 0 Å². The molecule has 10 nitrogen and oxygen atoms in total. The van der Waals surface area contributed by atoms with Crippen LogP contribution in [0.25, 0.3) is 10.4 Å². The summed E-state index contributed by atoms with van der Waals surface area (Å²) in [7, 11) is 0. The van der Waals surface area contributed by atoms with Gasteiger partial charge in [0.2, 0.25) is 0 Å². The second-order valence-electron chi connectivity index (χ2n) is 6.09. The molecule has 0 aromatic heterocycles. The van der Waals surface area contributed by atoms with Crippen molar-refractivity contribution in [2.75, 3.05) is 6.61 Å². The SMILES string of the molecule is CC(=O)OC1C(OC(C)=O)[C@H](N=[N+]=[N-])OC2COC(c3ccccc3)O[C@H]21. The van der Waals surface area contributed by atoms with E-state index in [2.05, 4.69) is 10.0 Å². The Labute approximate surface area is 154 Å². The fourth-order valence-electron chi connectivity index (χ4n) is 3.13. The average molecular weight is 377 g/mol. The first kappa shape index (κ1) is 19.1. The van der Waals surface area contributed by atoms with E-state index in [1.165, 1.54) is 13.8 Å². The van der Waals surface area contributed by atoms with Crippen molar-refractivity contribution in [3.63, 3.8) is 0 Å². The number of azide groups is 1. The first-order valence-electron chi connectivity index (χ1n) is 8.35. The lowest BCUT2D eigenvalue weighted by Gasteiger charge is -2.47. The molecule has 6 atom stereocenters. The Morgan fingerprint density at radius 3 is 2.41 bits per heavy atom. The maximum Gasteiger partial charge on any atom is 0.303 e. The minimum absolute atomic E-state index is 0.117. The van der Waals surface area contributed by atoms with Crippen molar-refractivity contribution in [1.82, 2.24) is 0 Å². The van der Waals surface area contributed by atoms with Gasteiger partial charge in [0.1, 0.15) is 12.2 Å². The summed E-state index contributed by atoms with van der Waals surface area (Å²) in [5.41, 5.74) is 9.57. The van der Waals surface area contributed by atoms with Gasteiger partial charge < -0.3 is 23.7 Å². The number of rotatable bonds is 4. The number of esters is 2. The van der Waals surface area contributed by atoms with Crippen molar-refractivity contribution in [3.05, 3.63) is 46.3 Å². The van der Waals surface area contributed by atoms with E-state index >= 15 is 0 Å². The van der Waals surface area contributed by atoms with Crippen LogP contribution in [0.1, 0.15) is 25.7 Å². The van der Waals surface area contributed by atoms with E-state index < -0.39 is 48.9 Å². The summed E-state index contributed by atoms with van der Waals surface area (Å²) in [6.45, 7) is 2.54. The van der Waals surface area contributed by atoms with E-state index in [0.717, 1.165) is 5.56 Å². The standard InChI is InChI=1S/C17H19N3O7/c1-9(21)24-14-13-12(26-16(19-20-18)15(14)25-10(2)22)8-23-17(27-13)11-6-4-3-5-7-11/h3-7,12-17H,8H2,1-2H3/t12?,13-,14?,15?,16-,17?/m1/s1. The summed E-state index contributed by atoms with van der Waals surface area (Å²) >= 11 is 0. The van der Waals surface area contributed by atoms with Crippen molar-refractivity contribution < 1.29 is 33.3 Å². The lowest BCUT2D eigenvalue weighted by Crippen LogP contribution is -2.63. The normalized spacial score (nSPS) is 32.5. The van der Waals surface area contributed by atoms with Gasteiger partial charge in [-0.1, -0.05) is 35.4 Å². The third-order valence-corrected chi connectivity index (χ3v) is 4.14. The van der Waals surface area contributed by atoms with Crippen LogP contribution < -0.4 is 0 Å². The minimum Gasteiger partial charge on any atom is -0.456 e. The maximum atomic E-state index is 11.6. The van der Waals surface area contributed by atoms with Crippen LogP contribution in [0.2, 0.25) is 0 Å². The molecule has 144 valence electrons. The Hall–Kier alpha value is -2.65. The van der Waals surface area contributed by atoms with E-state index in [1.807, 2.05) is 30.3 Å². The monoisotopic (exact) mass is 377 g/mol. The third-order valence-electron chi connectivity index (χ3n) is 4.14. The highest BCUT2D eigenvalue weighted by atomic mass is 16.7. The second-order valence-corrected chi connectivity index (χ2v) is 6.09. The maximum absolute atomic E-state index is 11.6. The molecule has 0 amide bonds. The molecular weight excluding hydrogens is 358 g/mol. The first-order chi connectivity index (χ1) is 13.0. The summed E-state index contributed by atoms with van der Waals surface area (Å²) in [6, 6.07) is 9.22. The summed E-state index contributed by atoms with van der Waals surface area (Å²) < 4.78 is 28.0. The average Bonchev–Trinajstić information content (AvgIpc) is 2.64. The van der Waals surface area contributed by atoms with E-state index in [1.54, 1.807) is 0 Å². The van der Waals surface area contributed by atoms with Crippen LogP contribution in [0.4, 0.5) is 0 Å². The molecule has 0 N–H and O–H groups in total. The first-order valence-corrected chi connectivity index (χ1v) is 8.35. The van der Waals surface area contributed by atoms with E-state index in [-0.39, 0.29) is 6.61 Å². The third kappa shape index (κ3) is 4.37. The zero-order chi connectivity index (χ0) is 19.4. The summed E-state index contributed by atoms with van der Waals surface area (Å²) in [5, 5.41) is 3.52. The summed E-state index contributed by atoms with van der Waals surface area (Å²) in [5.74, 6) is -1.23. The number of hydrogen-bond donors (Lipinski definition) is 0. The van der Waals surface area contributed by atoms with Gasteiger partial charge in [-0.05, 0) is 5.53 Å². The highest BCUT2D eigenvalue weighted by Gasteiger charge is 2.53. The van der Waals surface area contributed by atoms with Crippen molar-refractivity contribution in [2.24, 2.45) is 5.11 Å². The van der Waals surface area contributed by atoms with Gasteiger partial charge in [0.15, 0.2) is 24.7 Å². The number of fused-ring (bicyclic) bond motifs is 1. The molecule has 2 heterocycles. The lowest BCUT2D eigenvalue weighted by atomic mass is 9.96. The molecular formula is C17H19N3O7. The van der Waals surface area contributed by atoms with Crippen LogP contribution >= 0.6 is 0 Å². The molecule has 1 aromatic rings. The number of hydrogen-bond acceptors (Lipinski definition) is 8. The van der Waals surface area contributed by atoms with Crippen molar-refractivity contribution in [1.29, 1.82) is 0 Å². The van der Waals surface area contributed by atoms with E-state index in [4.69, 9.17) is 29.2 Å². The number of carbonyl (C=O) groups excluding carboxylic acids is 2. The van der Waals surface area contributed by atoms with Crippen LogP contribution in [-0.2, 0) is 33.3 Å². The van der Waals surface area contributed by atoms with Gasteiger partial charge >= 0.3 is 11.9 Å². The number of carbonyl (C=O) groups is 2. The van der Waals surface area contributed by atoms with Crippen LogP contribution in [0.15, 0.2) is 35.4 Å². The predicted molar refractivity (Wildman–Crippen MR) is 88.9 cm³/mol. The molecule has 2 fully saturated rings. The van der Waals surface area contributed by atoms with E-state index in [9.17, 15) is 9.59 Å². The van der Waals surface area contributed by atoms with Crippen molar-refractivity contribution in [3.8, 4) is 0 Å². The van der Waals surface area contributed by atoms with Crippen LogP contribution in [0, 0.1) is 0 Å². The highest BCUT2D eigenvalue weighted by Crippen LogP contribution is 2.36. The smallest absolute Gasteiger partial charge is 0.303 e. The zero-order valence-corrected chi connectivity index (χ0v) is 14.8. The molecule has 1 aromatic carbocycles. The zero-order valence-electron chi connectivity index (χ0n) is 14.8. The summed E-state index contributed by atoms with van der Waals surface area (Å²) in [6.07, 6.45) is -5.49. The fraction of sp³-hybridized carbons (Fsp3) is 0.529. The Morgan fingerprint density at radius 2 is 1.78 bits per heavy atom. The van der Waals surface area contributed by atoms with Crippen molar-refractivity contribution >= 4 is 11.9 Å². The topological polar surface area (TPSA) is 129 Å². The fourth-order valence-corrected chi connectivity index (χ4v) is 3.13. The molecule has 0 radical (unpaired) electrons. The van der Waals surface area contributed by atoms with Crippen LogP contribution in [0.5, 0.6) is 0 Å². The molecule has 0 spiro atoms. The van der Waals surface area contributed by atoms with Gasteiger partial charge in [-0.2, -0.15) is 0 Å². The highest BCUT2D eigenvalue weighted by molar-refractivity contribution is 5.67. The summed E-state index contributed by atoms with van der Waals surface area (Å²) in [4.78, 5) is 25.9. The molecule has 3 rings (SSSR count). The second kappa shape index (κ2) is 8.36. The Balaban J connectivity index is 1.90. The Kier molecular flexibility index (Phi) is 5.92. The van der Waals surface area contributed by atoms with Gasteiger partial charge in [0.25, 0.3) is 0 Å². The van der Waals surface area contributed by atoms with Crippen LogP contribution in [-0.4, -0.2) is 49.2 Å². The number of benzene rings is 1. The molecule has 0 aliphatic carbocycles. The molecule has 4 unspecified atom stereocenters. The molecule has 2 saturated heterocycles. The van der Waals surface area contributed by atoms with E-state index in [0.29, 0.717) is 0 Å². The predicted octanol–water partition coefficient (Wildman–Crippen LogP) is 2.00. The number of nitrogens with zero attached hydrogens (tertiary/aromatic N) is 3. The Bertz CT molecular complexity index is 737. The Morgan fingerprint density at radius 1 is 1.11 bits per heavy atom. The molecule has 0 bridgehead atoms. The van der Waals surface area contributed by atoms with Crippen LogP contribution in [0.3, 0.4) is 0 Å². The molecule has 10 heteroatoms. The van der Waals surface area contributed by atoms with Gasteiger partial charge in [-0.3, -0.25) is 9.59 Å². The molecule has 2 aliphatic rings. The molecule has 0 saturated carbocycles. The lowest BCUT2D eigenvalue weighted by molar-refractivity contribution is -0.329. The van der Waals surface area contributed by atoms with Crippen molar-refractivity contribution in [2.45, 2.75) is 50.8 Å².